The van der Waals surface area contributed by atoms with Gasteiger partial charge in [0.2, 0.25) is 0 Å². The van der Waals surface area contributed by atoms with Crippen molar-refractivity contribution in [3.05, 3.63) is 60.2 Å². The zero-order chi connectivity index (χ0) is 17.8. The van der Waals surface area contributed by atoms with Gasteiger partial charge in [0.15, 0.2) is 6.04 Å². The monoisotopic (exact) mass is 346 g/mol. The summed E-state index contributed by atoms with van der Waals surface area (Å²) in [6.45, 7) is 5.06. The van der Waals surface area contributed by atoms with Crippen LogP contribution in [0, 0.1) is 11.6 Å². The average molecular weight is 346 g/mol. The molecular formula is C19H22F2N3O+. The Hall–Kier alpha value is -2.47. The third kappa shape index (κ3) is 3.96. The summed E-state index contributed by atoms with van der Waals surface area (Å²) in [5.74, 6) is -1.89. The molecule has 1 aliphatic rings. The fourth-order valence-electron chi connectivity index (χ4n) is 3.16. The molecule has 1 saturated heterocycles. The van der Waals surface area contributed by atoms with Gasteiger partial charge in [-0.2, -0.15) is 0 Å². The topological polar surface area (TPSA) is 36.8 Å². The third-order valence-electron chi connectivity index (χ3n) is 4.74. The molecule has 25 heavy (non-hydrogen) atoms. The predicted molar refractivity (Wildman–Crippen MR) is 93.8 cm³/mol. The van der Waals surface area contributed by atoms with Crippen molar-refractivity contribution in [2.75, 3.05) is 36.4 Å². The van der Waals surface area contributed by atoms with E-state index in [2.05, 4.69) is 22.3 Å². The van der Waals surface area contributed by atoms with E-state index in [4.69, 9.17) is 0 Å². The van der Waals surface area contributed by atoms with Crippen LogP contribution in [0.5, 0.6) is 0 Å². The second-order valence-corrected chi connectivity index (χ2v) is 6.29. The van der Waals surface area contributed by atoms with E-state index in [1.54, 1.807) is 6.92 Å². The Morgan fingerprint density at radius 1 is 1.04 bits per heavy atom. The molecule has 4 nitrogen and oxygen atoms in total. The maximum absolute atomic E-state index is 13.7. The lowest BCUT2D eigenvalue weighted by molar-refractivity contribution is -0.914. The van der Waals surface area contributed by atoms with Crippen LogP contribution in [0.1, 0.15) is 6.92 Å². The number of anilines is 2. The molecule has 6 heteroatoms. The van der Waals surface area contributed by atoms with E-state index in [1.165, 1.54) is 11.8 Å². The van der Waals surface area contributed by atoms with Gasteiger partial charge in [0.05, 0.1) is 26.2 Å². The predicted octanol–water partition coefficient (Wildman–Crippen LogP) is 1.70. The van der Waals surface area contributed by atoms with Gasteiger partial charge >= 0.3 is 0 Å². The normalized spacial score (nSPS) is 16.5. The summed E-state index contributed by atoms with van der Waals surface area (Å²) in [6.07, 6.45) is 0. The largest absolute Gasteiger partial charge is 0.360 e. The Kier molecular flexibility index (Phi) is 5.28. The maximum atomic E-state index is 13.7. The Bertz CT molecular complexity index is 710. The van der Waals surface area contributed by atoms with Gasteiger partial charge in [-0.25, -0.2) is 8.78 Å². The Labute approximate surface area is 146 Å². The standard InChI is InChI=1S/C19H21F2N3O/c1-14(19(25)22-18-16(20)8-5-9-17(18)21)23-10-12-24(13-11-23)15-6-3-2-4-7-15/h2-9,14H,10-13H2,1H3,(H,22,25)/p+1/t14-/m1/s1. The molecule has 1 fully saturated rings. The number of amides is 1. The lowest BCUT2D eigenvalue weighted by atomic mass is 10.2. The first-order chi connectivity index (χ1) is 12.1. The zero-order valence-corrected chi connectivity index (χ0v) is 14.1. The van der Waals surface area contributed by atoms with Gasteiger partial charge in [-0.15, -0.1) is 0 Å². The zero-order valence-electron chi connectivity index (χ0n) is 14.1. The number of hydrogen-bond acceptors (Lipinski definition) is 2. The second kappa shape index (κ2) is 7.61. The van der Waals surface area contributed by atoms with Gasteiger partial charge in [-0.05, 0) is 31.2 Å². The number of rotatable bonds is 4. The second-order valence-electron chi connectivity index (χ2n) is 6.29. The minimum Gasteiger partial charge on any atom is -0.360 e. The van der Waals surface area contributed by atoms with Crippen LogP contribution in [0.3, 0.4) is 0 Å². The van der Waals surface area contributed by atoms with Crippen LogP contribution in [0.15, 0.2) is 48.5 Å². The van der Waals surface area contributed by atoms with Crippen molar-refractivity contribution < 1.29 is 18.5 Å². The molecular weight excluding hydrogens is 324 g/mol. The number of quaternary nitrogens is 1. The van der Waals surface area contributed by atoms with Crippen LogP contribution in [-0.4, -0.2) is 38.1 Å². The number of nitrogens with zero attached hydrogens (tertiary/aromatic N) is 1. The third-order valence-corrected chi connectivity index (χ3v) is 4.74. The van der Waals surface area contributed by atoms with E-state index in [9.17, 15) is 13.6 Å². The Morgan fingerprint density at radius 2 is 1.64 bits per heavy atom. The maximum Gasteiger partial charge on any atom is 0.282 e. The fraction of sp³-hybridized carbons (Fsp3) is 0.316. The van der Waals surface area contributed by atoms with Gasteiger partial charge in [-0.1, -0.05) is 24.3 Å². The first-order valence-corrected chi connectivity index (χ1v) is 8.45. The van der Waals surface area contributed by atoms with Crippen molar-refractivity contribution >= 4 is 17.3 Å². The summed E-state index contributed by atoms with van der Waals surface area (Å²) in [5.41, 5.74) is 0.800. The Morgan fingerprint density at radius 3 is 2.24 bits per heavy atom. The van der Waals surface area contributed by atoms with Crippen molar-refractivity contribution in [1.29, 1.82) is 0 Å². The van der Waals surface area contributed by atoms with E-state index < -0.39 is 11.6 Å². The molecule has 2 aromatic carbocycles. The molecule has 0 bridgehead atoms. The molecule has 0 aromatic heterocycles. The van der Waals surface area contributed by atoms with E-state index in [-0.39, 0.29) is 17.6 Å². The quantitative estimate of drug-likeness (QED) is 0.884. The molecule has 1 heterocycles. The van der Waals surface area contributed by atoms with Crippen LogP contribution in [0.4, 0.5) is 20.2 Å². The summed E-state index contributed by atoms with van der Waals surface area (Å²) in [7, 11) is 0. The molecule has 0 saturated carbocycles. The molecule has 3 rings (SSSR count). The summed E-state index contributed by atoms with van der Waals surface area (Å²) < 4.78 is 27.4. The molecule has 1 atom stereocenters. The van der Waals surface area contributed by atoms with Gasteiger partial charge in [0.1, 0.15) is 17.3 Å². The summed E-state index contributed by atoms with van der Waals surface area (Å²) in [5, 5.41) is 2.40. The van der Waals surface area contributed by atoms with Crippen molar-refractivity contribution in [1.82, 2.24) is 0 Å². The van der Waals surface area contributed by atoms with Crippen molar-refractivity contribution in [2.24, 2.45) is 0 Å². The van der Waals surface area contributed by atoms with Crippen LogP contribution < -0.4 is 15.1 Å². The summed E-state index contributed by atoms with van der Waals surface area (Å²) in [6, 6.07) is 13.3. The SMILES string of the molecule is C[C@H](C(=O)Nc1c(F)cccc1F)[NH+]1CCN(c2ccccc2)CC1. The van der Waals surface area contributed by atoms with Gasteiger partial charge < -0.3 is 15.1 Å². The number of carbonyl (C=O) groups excluding carboxylic acids is 1. The highest BCUT2D eigenvalue weighted by atomic mass is 19.1. The van der Waals surface area contributed by atoms with Crippen molar-refractivity contribution in [3.63, 3.8) is 0 Å². The van der Waals surface area contributed by atoms with E-state index >= 15 is 0 Å². The van der Waals surface area contributed by atoms with E-state index in [0.717, 1.165) is 43.2 Å². The molecule has 1 amide bonds. The molecule has 0 aliphatic carbocycles. The van der Waals surface area contributed by atoms with Gasteiger partial charge in [0, 0.05) is 5.69 Å². The van der Waals surface area contributed by atoms with Gasteiger partial charge in [0.25, 0.3) is 5.91 Å². The molecule has 1 aliphatic heterocycles. The van der Waals surface area contributed by atoms with E-state index in [0.29, 0.717) is 0 Å². The number of para-hydroxylation sites is 2. The van der Waals surface area contributed by atoms with Crippen molar-refractivity contribution in [3.8, 4) is 0 Å². The number of benzene rings is 2. The fourth-order valence-corrected chi connectivity index (χ4v) is 3.16. The van der Waals surface area contributed by atoms with Crippen LogP contribution in [-0.2, 0) is 4.79 Å². The smallest absolute Gasteiger partial charge is 0.282 e. The molecule has 0 radical (unpaired) electrons. The number of halogens is 2. The molecule has 2 N–H and O–H groups in total. The van der Waals surface area contributed by atoms with Crippen molar-refractivity contribution in [2.45, 2.75) is 13.0 Å². The lowest BCUT2D eigenvalue weighted by Crippen LogP contribution is -3.19. The number of hydrogen-bond donors (Lipinski definition) is 2. The van der Waals surface area contributed by atoms with Gasteiger partial charge in [-0.3, -0.25) is 4.79 Å². The molecule has 2 aromatic rings. The van der Waals surface area contributed by atoms with Crippen LogP contribution in [0.25, 0.3) is 0 Å². The Balaban J connectivity index is 1.59. The molecule has 0 spiro atoms. The number of carbonyl (C=O) groups is 1. The summed E-state index contributed by atoms with van der Waals surface area (Å²) in [4.78, 5) is 15.8. The molecule has 0 unspecified atom stereocenters. The molecule has 132 valence electrons. The highest BCUT2D eigenvalue weighted by Crippen LogP contribution is 2.18. The van der Waals surface area contributed by atoms with E-state index in [1.807, 2.05) is 18.2 Å². The lowest BCUT2D eigenvalue weighted by Gasteiger charge is -2.36. The average Bonchev–Trinajstić information content (AvgIpc) is 2.65. The van der Waals surface area contributed by atoms with Crippen LogP contribution in [0.2, 0.25) is 0 Å². The highest BCUT2D eigenvalue weighted by Gasteiger charge is 2.30. The minimum absolute atomic E-state index is 0.368. The van der Waals surface area contributed by atoms with Crippen LogP contribution >= 0.6 is 0 Å². The minimum atomic E-state index is -0.760. The number of piperazine rings is 1. The first kappa shape index (κ1) is 17.4. The summed E-state index contributed by atoms with van der Waals surface area (Å²) >= 11 is 0. The number of nitrogens with one attached hydrogen (secondary N) is 2. The first-order valence-electron chi connectivity index (χ1n) is 8.45. The highest BCUT2D eigenvalue weighted by molar-refractivity contribution is 5.93.